The first-order valence-corrected chi connectivity index (χ1v) is 7.20. The van der Waals surface area contributed by atoms with Crippen molar-refractivity contribution in [2.24, 2.45) is 0 Å². The fraction of sp³-hybridized carbons (Fsp3) is 0.929. The first-order chi connectivity index (χ1) is 9.58. The third-order valence-electron chi connectivity index (χ3n) is 3.04. The maximum atomic E-state index is 12.0. The number of nitrogens with zero attached hydrogens (tertiary/aromatic N) is 1. The summed E-state index contributed by atoms with van der Waals surface area (Å²) in [5.74, 6) is -0.254. The molecule has 0 aromatic carbocycles. The molecule has 0 bridgehead atoms. The van der Waals surface area contributed by atoms with Crippen LogP contribution in [0.15, 0.2) is 0 Å². The Labute approximate surface area is 123 Å². The highest BCUT2D eigenvalue weighted by Crippen LogP contribution is 2.21. The van der Waals surface area contributed by atoms with Gasteiger partial charge in [-0.15, -0.1) is 0 Å². The van der Waals surface area contributed by atoms with E-state index in [0.717, 1.165) is 19.4 Å². The number of carbonyl (C=O) groups is 1. The molecule has 7 heteroatoms. The second kappa shape index (κ2) is 7.45. The van der Waals surface area contributed by atoms with E-state index in [4.69, 9.17) is 4.74 Å². The van der Waals surface area contributed by atoms with Gasteiger partial charge < -0.3 is 9.47 Å². The molecule has 0 aromatic heterocycles. The molecule has 0 amide bonds. The van der Waals surface area contributed by atoms with Gasteiger partial charge in [0.25, 0.3) is 0 Å². The van der Waals surface area contributed by atoms with Crippen LogP contribution in [-0.4, -0.2) is 55.0 Å². The molecule has 1 atom stereocenters. The van der Waals surface area contributed by atoms with Gasteiger partial charge in [-0.1, -0.05) is 0 Å². The number of ether oxygens (including phenoxy) is 2. The Bertz CT molecular complexity index is 339. The van der Waals surface area contributed by atoms with E-state index < -0.39 is 18.4 Å². The van der Waals surface area contributed by atoms with Crippen molar-refractivity contribution >= 4 is 5.97 Å². The van der Waals surface area contributed by atoms with Crippen LogP contribution in [0, 0.1) is 0 Å². The number of hydrogen-bond acceptors (Lipinski definition) is 4. The van der Waals surface area contributed by atoms with E-state index in [2.05, 4.69) is 4.74 Å². The minimum Gasteiger partial charge on any atom is -0.459 e. The number of rotatable bonds is 6. The molecule has 0 saturated carbocycles. The lowest BCUT2D eigenvalue weighted by Crippen LogP contribution is -2.41. The fourth-order valence-electron chi connectivity index (χ4n) is 2.29. The van der Waals surface area contributed by atoms with Gasteiger partial charge in [-0.25, -0.2) is 0 Å². The van der Waals surface area contributed by atoms with Gasteiger partial charge in [0, 0.05) is 13.2 Å². The summed E-state index contributed by atoms with van der Waals surface area (Å²) in [7, 11) is 0. The molecule has 0 unspecified atom stereocenters. The van der Waals surface area contributed by atoms with E-state index in [1.807, 2.05) is 25.7 Å². The largest absolute Gasteiger partial charge is 0.459 e. The highest BCUT2D eigenvalue weighted by molar-refractivity contribution is 5.76. The van der Waals surface area contributed by atoms with E-state index in [1.165, 1.54) is 0 Å². The molecule has 1 saturated heterocycles. The number of carbonyl (C=O) groups excluding carboxylic acids is 1. The standard InChI is InChI=1S/C14H24F3NO3/c1-13(2,3)21-12(19)11-6-4-7-18(11)8-5-9-20-10-14(15,16)17/h11H,4-10H2,1-3H3/t11-/m1/s1. The molecule has 0 aromatic rings. The lowest BCUT2D eigenvalue weighted by Gasteiger charge is -2.27. The fourth-order valence-corrected chi connectivity index (χ4v) is 2.29. The minimum atomic E-state index is -4.29. The Morgan fingerprint density at radius 1 is 1.29 bits per heavy atom. The molecular weight excluding hydrogens is 287 g/mol. The van der Waals surface area contributed by atoms with Crippen molar-refractivity contribution in [1.29, 1.82) is 0 Å². The number of likely N-dealkylation sites (tertiary alicyclic amines) is 1. The number of halogens is 3. The zero-order valence-electron chi connectivity index (χ0n) is 12.8. The number of esters is 1. The minimum absolute atomic E-state index is 0.0387. The molecule has 124 valence electrons. The Morgan fingerprint density at radius 3 is 2.52 bits per heavy atom. The molecule has 4 nitrogen and oxygen atoms in total. The Morgan fingerprint density at radius 2 is 1.95 bits per heavy atom. The topological polar surface area (TPSA) is 38.8 Å². The Kier molecular flexibility index (Phi) is 6.46. The summed E-state index contributed by atoms with van der Waals surface area (Å²) in [6.07, 6.45) is -2.19. The Balaban J connectivity index is 2.29. The van der Waals surface area contributed by atoms with Gasteiger partial charge in [0.05, 0.1) is 0 Å². The molecule has 21 heavy (non-hydrogen) atoms. The van der Waals surface area contributed by atoms with E-state index in [1.54, 1.807) is 0 Å². The molecule has 0 N–H and O–H groups in total. The average molecular weight is 311 g/mol. The third kappa shape index (κ3) is 7.66. The lowest BCUT2D eigenvalue weighted by molar-refractivity contribution is -0.174. The summed E-state index contributed by atoms with van der Waals surface area (Å²) in [5.41, 5.74) is -0.527. The predicted molar refractivity (Wildman–Crippen MR) is 71.9 cm³/mol. The summed E-state index contributed by atoms with van der Waals surface area (Å²) in [4.78, 5) is 14.0. The first-order valence-electron chi connectivity index (χ1n) is 7.20. The Hall–Kier alpha value is -0.820. The SMILES string of the molecule is CC(C)(C)OC(=O)[C@H]1CCCN1CCCOCC(F)(F)F. The maximum absolute atomic E-state index is 12.0. The maximum Gasteiger partial charge on any atom is 0.411 e. The van der Waals surface area contributed by atoms with Crippen LogP contribution in [-0.2, 0) is 14.3 Å². The van der Waals surface area contributed by atoms with Crippen molar-refractivity contribution < 1.29 is 27.4 Å². The van der Waals surface area contributed by atoms with Crippen molar-refractivity contribution in [1.82, 2.24) is 4.90 Å². The second-order valence-corrected chi connectivity index (χ2v) is 6.25. The van der Waals surface area contributed by atoms with Crippen LogP contribution in [0.4, 0.5) is 13.2 Å². The molecule has 1 heterocycles. The molecule has 1 aliphatic rings. The van der Waals surface area contributed by atoms with E-state index >= 15 is 0 Å². The van der Waals surface area contributed by atoms with Crippen molar-refractivity contribution in [3.8, 4) is 0 Å². The highest BCUT2D eigenvalue weighted by Gasteiger charge is 2.33. The monoisotopic (exact) mass is 311 g/mol. The van der Waals surface area contributed by atoms with Gasteiger partial charge in [-0.3, -0.25) is 9.69 Å². The van der Waals surface area contributed by atoms with E-state index in [0.29, 0.717) is 13.0 Å². The molecule has 1 aliphatic heterocycles. The third-order valence-corrected chi connectivity index (χ3v) is 3.04. The molecule has 0 aliphatic carbocycles. The van der Waals surface area contributed by atoms with E-state index in [9.17, 15) is 18.0 Å². The first kappa shape index (κ1) is 18.2. The zero-order chi connectivity index (χ0) is 16.1. The van der Waals surface area contributed by atoms with Gasteiger partial charge in [0.15, 0.2) is 0 Å². The van der Waals surface area contributed by atoms with Gasteiger partial charge in [-0.05, 0) is 46.6 Å². The number of alkyl halides is 3. The molecule has 1 rings (SSSR count). The second-order valence-electron chi connectivity index (χ2n) is 6.25. The van der Waals surface area contributed by atoms with Gasteiger partial charge in [0.1, 0.15) is 18.2 Å². The van der Waals surface area contributed by atoms with Crippen LogP contribution in [0.5, 0.6) is 0 Å². The molecular formula is C14H24F3NO3. The average Bonchev–Trinajstić information content (AvgIpc) is 2.73. The summed E-state index contributed by atoms with van der Waals surface area (Å²) in [6, 6.07) is -0.285. The summed E-state index contributed by atoms with van der Waals surface area (Å²) in [6.45, 7) is 5.57. The normalized spacial score (nSPS) is 20.8. The van der Waals surface area contributed by atoms with Gasteiger partial charge >= 0.3 is 12.1 Å². The van der Waals surface area contributed by atoms with Crippen LogP contribution >= 0.6 is 0 Å². The van der Waals surface area contributed by atoms with Crippen LogP contribution in [0.1, 0.15) is 40.0 Å². The summed E-state index contributed by atoms with van der Waals surface area (Å²) >= 11 is 0. The van der Waals surface area contributed by atoms with Gasteiger partial charge in [0.2, 0.25) is 0 Å². The molecule has 1 fully saturated rings. The smallest absolute Gasteiger partial charge is 0.411 e. The van der Waals surface area contributed by atoms with Crippen molar-refractivity contribution in [3.63, 3.8) is 0 Å². The lowest BCUT2D eigenvalue weighted by atomic mass is 10.1. The number of hydrogen-bond donors (Lipinski definition) is 0. The zero-order valence-corrected chi connectivity index (χ0v) is 12.8. The van der Waals surface area contributed by atoms with Crippen molar-refractivity contribution in [2.75, 3.05) is 26.3 Å². The van der Waals surface area contributed by atoms with Crippen LogP contribution < -0.4 is 0 Å². The van der Waals surface area contributed by atoms with Crippen molar-refractivity contribution in [2.45, 2.75) is 57.9 Å². The van der Waals surface area contributed by atoms with Crippen molar-refractivity contribution in [3.05, 3.63) is 0 Å². The summed E-state index contributed by atoms with van der Waals surface area (Å²) < 4.78 is 45.7. The van der Waals surface area contributed by atoms with Crippen LogP contribution in [0.25, 0.3) is 0 Å². The highest BCUT2D eigenvalue weighted by atomic mass is 19.4. The van der Waals surface area contributed by atoms with Crippen LogP contribution in [0.2, 0.25) is 0 Å². The van der Waals surface area contributed by atoms with Crippen LogP contribution in [0.3, 0.4) is 0 Å². The van der Waals surface area contributed by atoms with Gasteiger partial charge in [-0.2, -0.15) is 13.2 Å². The van der Waals surface area contributed by atoms with E-state index in [-0.39, 0.29) is 18.6 Å². The summed E-state index contributed by atoms with van der Waals surface area (Å²) in [5, 5.41) is 0. The molecule has 0 spiro atoms. The predicted octanol–water partition coefficient (Wildman–Crippen LogP) is 2.76. The quantitative estimate of drug-likeness (QED) is 0.558. The molecule has 0 radical (unpaired) electrons.